The van der Waals surface area contributed by atoms with E-state index in [9.17, 15) is 0 Å². The first-order valence-electron chi connectivity index (χ1n) is 7.03. The van der Waals surface area contributed by atoms with Gasteiger partial charge in [0.25, 0.3) is 0 Å². The van der Waals surface area contributed by atoms with E-state index in [1.54, 1.807) is 0 Å². The van der Waals surface area contributed by atoms with E-state index in [1.807, 2.05) is 0 Å². The summed E-state index contributed by atoms with van der Waals surface area (Å²) in [7, 11) is 0. The molecule has 0 bridgehead atoms. The quantitative estimate of drug-likeness (QED) is 0.763. The molecule has 17 heavy (non-hydrogen) atoms. The van der Waals surface area contributed by atoms with E-state index in [1.165, 1.54) is 44.3 Å². The molecule has 0 atom stereocenters. The Balaban J connectivity index is 1.72. The Kier molecular flexibility index (Phi) is 4.61. The summed E-state index contributed by atoms with van der Waals surface area (Å²) in [5.74, 6) is 0.949. The number of rotatable bonds is 4. The van der Waals surface area contributed by atoms with Crippen LogP contribution >= 0.6 is 0 Å². The molecule has 0 spiro atoms. The Hall–Kier alpha value is -0.820. The van der Waals surface area contributed by atoms with Gasteiger partial charge in [0.05, 0.1) is 0 Å². The van der Waals surface area contributed by atoms with Crippen LogP contribution in [0, 0.1) is 5.92 Å². The summed E-state index contributed by atoms with van der Waals surface area (Å²) in [5, 5.41) is 0. The van der Waals surface area contributed by atoms with Gasteiger partial charge in [0.2, 0.25) is 0 Å². The van der Waals surface area contributed by atoms with E-state index in [0.717, 1.165) is 12.0 Å². The van der Waals surface area contributed by atoms with Crippen LogP contribution < -0.4 is 0 Å². The number of hydrogen-bond acceptors (Lipinski definition) is 1. The summed E-state index contributed by atoms with van der Waals surface area (Å²) in [6.45, 7) is 7.23. The topological polar surface area (TPSA) is 3.24 Å². The number of likely N-dealkylation sites (tertiary alicyclic amines) is 1. The van der Waals surface area contributed by atoms with Crippen molar-refractivity contribution in [2.45, 2.75) is 45.6 Å². The lowest BCUT2D eigenvalue weighted by molar-refractivity contribution is 0.146. The SMILES string of the molecule is CC(C)N1CCC(CCc2ccccc2)CC1. The van der Waals surface area contributed by atoms with Crippen LogP contribution in [0.15, 0.2) is 30.3 Å². The van der Waals surface area contributed by atoms with Crippen LogP contribution in [-0.2, 0) is 6.42 Å². The van der Waals surface area contributed by atoms with Crippen LogP contribution in [0.5, 0.6) is 0 Å². The predicted molar refractivity (Wildman–Crippen MR) is 74.2 cm³/mol. The lowest BCUT2D eigenvalue weighted by Crippen LogP contribution is -2.38. The first kappa shape index (κ1) is 12.6. The van der Waals surface area contributed by atoms with Crippen LogP contribution in [0.2, 0.25) is 0 Å². The van der Waals surface area contributed by atoms with Gasteiger partial charge in [-0.25, -0.2) is 0 Å². The Morgan fingerprint density at radius 3 is 2.35 bits per heavy atom. The summed E-state index contributed by atoms with van der Waals surface area (Å²) in [4.78, 5) is 2.61. The molecule has 0 aromatic heterocycles. The summed E-state index contributed by atoms with van der Waals surface area (Å²) < 4.78 is 0. The van der Waals surface area contributed by atoms with E-state index in [0.29, 0.717) is 0 Å². The fraction of sp³-hybridized carbons (Fsp3) is 0.625. The van der Waals surface area contributed by atoms with Crippen molar-refractivity contribution in [2.75, 3.05) is 13.1 Å². The lowest BCUT2D eigenvalue weighted by atomic mass is 9.90. The van der Waals surface area contributed by atoms with Gasteiger partial charge in [-0.3, -0.25) is 0 Å². The number of piperidine rings is 1. The molecular formula is C16H25N. The summed E-state index contributed by atoms with van der Waals surface area (Å²) >= 11 is 0. The standard InChI is InChI=1S/C16H25N/c1-14(2)17-12-10-16(11-13-17)9-8-15-6-4-3-5-7-15/h3-7,14,16H,8-13H2,1-2H3. The van der Waals surface area contributed by atoms with Gasteiger partial charge in [-0.2, -0.15) is 0 Å². The predicted octanol–water partition coefficient (Wildman–Crippen LogP) is 3.74. The van der Waals surface area contributed by atoms with Gasteiger partial charge in [-0.15, -0.1) is 0 Å². The zero-order valence-electron chi connectivity index (χ0n) is 11.2. The Bertz CT molecular complexity index is 310. The average Bonchev–Trinajstić information content (AvgIpc) is 2.38. The highest BCUT2D eigenvalue weighted by molar-refractivity contribution is 5.14. The molecule has 1 heterocycles. The number of benzene rings is 1. The highest BCUT2D eigenvalue weighted by Crippen LogP contribution is 2.23. The van der Waals surface area contributed by atoms with Crippen molar-refractivity contribution in [2.24, 2.45) is 5.92 Å². The molecule has 0 saturated carbocycles. The number of nitrogens with zero attached hydrogens (tertiary/aromatic N) is 1. The lowest BCUT2D eigenvalue weighted by Gasteiger charge is -2.34. The second-order valence-corrected chi connectivity index (χ2v) is 5.60. The largest absolute Gasteiger partial charge is 0.301 e. The van der Waals surface area contributed by atoms with Crippen molar-refractivity contribution in [3.8, 4) is 0 Å². The molecule has 2 rings (SSSR count). The van der Waals surface area contributed by atoms with E-state index >= 15 is 0 Å². The van der Waals surface area contributed by atoms with E-state index < -0.39 is 0 Å². The first-order valence-corrected chi connectivity index (χ1v) is 7.03. The molecule has 1 heteroatoms. The molecule has 1 fully saturated rings. The van der Waals surface area contributed by atoms with Crippen LogP contribution in [0.1, 0.15) is 38.7 Å². The van der Waals surface area contributed by atoms with E-state index in [2.05, 4.69) is 49.1 Å². The van der Waals surface area contributed by atoms with Crippen LogP contribution in [0.4, 0.5) is 0 Å². The summed E-state index contributed by atoms with van der Waals surface area (Å²) in [6, 6.07) is 11.6. The molecule has 0 N–H and O–H groups in total. The fourth-order valence-electron chi connectivity index (χ4n) is 2.77. The molecule has 0 aliphatic carbocycles. The van der Waals surface area contributed by atoms with Gasteiger partial charge in [-0.1, -0.05) is 30.3 Å². The van der Waals surface area contributed by atoms with Gasteiger partial charge >= 0.3 is 0 Å². The molecule has 1 aliphatic rings. The highest BCUT2D eigenvalue weighted by atomic mass is 15.1. The van der Waals surface area contributed by atoms with Crippen LogP contribution in [-0.4, -0.2) is 24.0 Å². The maximum Gasteiger partial charge on any atom is 0.00385 e. The molecular weight excluding hydrogens is 206 g/mol. The number of hydrogen-bond donors (Lipinski definition) is 0. The van der Waals surface area contributed by atoms with Crippen molar-refractivity contribution < 1.29 is 0 Å². The summed E-state index contributed by atoms with van der Waals surface area (Å²) in [6.07, 6.45) is 5.42. The van der Waals surface area contributed by atoms with Gasteiger partial charge in [-0.05, 0) is 64.1 Å². The molecule has 94 valence electrons. The van der Waals surface area contributed by atoms with Gasteiger partial charge < -0.3 is 4.90 Å². The Labute approximate surface area is 106 Å². The number of aryl methyl sites for hydroxylation is 1. The highest BCUT2D eigenvalue weighted by Gasteiger charge is 2.20. The Morgan fingerprint density at radius 2 is 1.76 bits per heavy atom. The minimum absolute atomic E-state index is 0.727. The van der Waals surface area contributed by atoms with E-state index in [4.69, 9.17) is 0 Å². The molecule has 1 aliphatic heterocycles. The molecule has 0 radical (unpaired) electrons. The summed E-state index contributed by atoms with van der Waals surface area (Å²) in [5.41, 5.74) is 1.50. The Morgan fingerprint density at radius 1 is 1.12 bits per heavy atom. The van der Waals surface area contributed by atoms with Crippen molar-refractivity contribution in [3.63, 3.8) is 0 Å². The van der Waals surface area contributed by atoms with Gasteiger partial charge in [0, 0.05) is 6.04 Å². The van der Waals surface area contributed by atoms with Gasteiger partial charge in [0.1, 0.15) is 0 Å². The van der Waals surface area contributed by atoms with Crippen LogP contribution in [0.25, 0.3) is 0 Å². The molecule has 0 unspecified atom stereocenters. The fourth-order valence-corrected chi connectivity index (χ4v) is 2.77. The third kappa shape index (κ3) is 3.85. The molecule has 1 aromatic rings. The average molecular weight is 231 g/mol. The van der Waals surface area contributed by atoms with E-state index in [-0.39, 0.29) is 0 Å². The zero-order valence-corrected chi connectivity index (χ0v) is 11.2. The van der Waals surface area contributed by atoms with Gasteiger partial charge in [0.15, 0.2) is 0 Å². The monoisotopic (exact) mass is 231 g/mol. The third-order valence-corrected chi connectivity index (χ3v) is 4.06. The minimum atomic E-state index is 0.727. The molecule has 1 nitrogen and oxygen atoms in total. The minimum Gasteiger partial charge on any atom is -0.301 e. The van der Waals surface area contributed by atoms with Crippen LogP contribution in [0.3, 0.4) is 0 Å². The van der Waals surface area contributed by atoms with Crippen molar-refractivity contribution in [1.29, 1.82) is 0 Å². The maximum absolute atomic E-state index is 2.61. The van der Waals surface area contributed by atoms with Crippen molar-refractivity contribution in [3.05, 3.63) is 35.9 Å². The second-order valence-electron chi connectivity index (χ2n) is 5.60. The first-order chi connectivity index (χ1) is 8.25. The van der Waals surface area contributed by atoms with Crippen molar-refractivity contribution >= 4 is 0 Å². The molecule has 1 saturated heterocycles. The third-order valence-electron chi connectivity index (χ3n) is 4.06. The molecule has 1 aromatic carbocycles. The second kappa shape index (κ2) is 6.20. The zero-order chi connectivity index (χ0) is 12.1. The smallest absolute Gasteiger partial charge is 0.00385 e. The normalized spacial score (nSPS) is 18.8. The van der Waals surface area contributed by atoms with Crippen molar-refractivity contribution in [1.82, 2.24) is 4.90 Å². The molecule has 0 amide bonds. The maximum atomic E-state index is 2.61.